The van der Waals surface area contributed by atoms with Crippen molar-refractivity contribution in [3.05, 3.63) is 28.2 Å². The van der Waals surface area contributed by atoms with E-state index >= 15 is 0 Å². The van der Waals surface area contributed by atoms with Gasteiger partial charge in [0.25, 0.3) is 0 Å². The van der Waals surface area contributed by atoms with Crippen molar-refractivity contribution >= 4 is 59.8 Å². The van der Waals surface area contributed by atoms with Crippen LogP contribution in [-0.4, -0.2) is 61.2 Å². The highest BCUT2D eigenvalue weighted by Gasteiger charge is 2.31. The summed E-state index contributed by atoms with van der Waals surface area (Å²) in [5.41, 5.74) is 7.41. The largest absolute Gasteiger partial charge is 0.480 e. The first kappa shape index (κ1) is 27.9. The molecule has 12 heteroatoms. The summed E-state index contributed by atoms with van der Waals surface area (Å²) in [4.78, 5) is 11.9. The summed E-state index contributed by atoms with van der Waals surface area (Å²) in [6, 6.07) is 6.47. The second-order valence-corrected chi connectivity index (χ2v) is 17.6. The number of piperidine rings is 1. The van der Waals surface area contributed by atoms with Crippen LogP contribution in [0, 0.1) is 5.41 Å². The summed E-state index contributed by atoms with van der Waals surface area (Å²) in [7, 11) is 0.379. The molecular formula is C25H37Cl2N7O2Si. The maximum Gasteiger partial charge on any atom is 0.231 e. The van der Waals surface area contributed by atoms with E-state index in [1.807, 2.05) is 12.1 Å². The van der Waals surface area contributed by atoms with Crippen LogP contribution in [0.15, 0.2) is 18.2 Å². The normalized spacial score (nSPS) is 15.8. The molecule has 3 aromatic rings. The predicted octanol–water partition coefficient (Wildman–Crippen LogP) is 5.76. The van der Waals surface area contributed by atoms with Crippen LogP contribution in [0.25, 0.3) is 11.0 Å². The Balaban J connectivity index is 1.71. The van der Waals surface area contributed by atoms with Gasteiger partial charge in [-0.2, -0.15) is 9.97 Å². The Labute approximate surface area is 229 Å². The first-order chi connectivity index (χ1) is 17.5. The molecule has 1 saturated heterocycles. The third kappa shape index (κ3) is 6.49. The van der Waals surface area contributed by atoms with Crippen molar-refractivity contribution in [2.75, 3.05) is 43.6 Å². The van der Waals surface area contributed by atoms with Crippen molar-refractivity contribution in [2.24, 2.45) is 11.1 Å². The third-order valence-corrected chi connectivity index (χ3v) is 9.42. The number of nitrogens with one attached hydrogen (secondary N) is 1. The van der Waals surface area contributed by atoms with E-state index in [-0.39, 0.29) is 12.1 Å². The lowest BCUT2D eigenvalue weighted by atomic mass is 9.81. The molecule has 0 saturated carbocycles. The van der Waals surface area contributed by atoms with Gasteiger partial charge in [-0.1, -0.05) is 55.8 Å². The number of anilines is 3. The van der Waals surface area contributed by atoms with Crippen molar-refractivity contribution in [1.82, 2.24) is 19.7 Å². The van der Waals surface area contributed by atoms with Gasteiger partial charge in [0.05, 0.1) is 22.8 Å². The van der Waals surface area contributed by atoms with Crippen LogP contribution in [0.2, 0.25) is 35.7 Å². The fraction of sp³-hybridized carbons (Fsp3) is 0.560. The van der Waals surface area contributed by atoms with Crippen LogP contribution in [0.4, 0.5) is 17.5 Å². The number of methoxy groups -OCH3 is 1. The number of halogens is 2. The number of aromatic nitrogens is 4. The van der Waals surface area contributed by atoms with E-state index in [1.165, 1.54) is 0 Å². The molecule has 0 unspecified atom stereocenters. The minimum Gasteiger partial charge on any atom is -0.480 e. The molecule has 37 heavy (non-hydrogen) atoms. The van der Waals surface area contributed by atoms with Crippen molar-refractivity contribution in [3.63, 3.8) is 0 Å². The van der Waals surface area contributed by atoms with Gasteiger partial charge < -0.3 is 25.4 Å². The smallest absolute Gasteiger partial charge is 0.231 e. The van der Waals surface area contributed by atoms with Gasteiger partial charge in [0, 0.05) is 27.8 Å². The molecule has 0 radical (unpaired) electrons. The summed E-state index contributed by atoms with van der Waals surface area (Å²) in [6.07, 6.45) is 1.96. The quantitative estimate of drug-likeness (QED) is 0.236. The monoisotopic (exact) mass is 565 g/mol. The fourth-order valence-electron chi connectivity index (χ4n) is 4.20. The molecule has 0 aliphatic carbocycles. The topological polar surface area (TPSA) is 103 Å². The highest BCUT2D eigenvalue weighted by molar-refractivity contribution is 6.76. The average Bonchev–Trinajstić information content (AvgIpc) is 3.21. The summed E-state index contributed by atoms with van der Waals surface area (Å²) in [5, 5.41) is 9.60. The first-order valence-corrected chi connectivity index (χ1v) is 17.1. The molecule has 1 aliphatic rings. The Morgan fingerprint density at radius 1 is 1.16 bits per heavy atom. The molecule has 0 spiro atoms. The van der Waals surface area contributed by atoms with E-state index in [2.05, 4.69) is 36.8 Å². The second-order valence-electron chi connectivity index (χ2n) is 11.2. The lowest BCUT2D eigenvalue weighted by Crippen LogP contribution is -2.42. The summed E-state index contributed by atoms with van der Waals surface area (Å²) < 4.78 is 13.5. The van der Waals surface area contributed by atoms with Crippen LogP contribution >= 0.6 is 23.2 Å². The number of hydrogen-bond acceptors (Lipinski definition) is 8. The minimum absolute atomic E-state index is 0.143. The van der Waals surface area contributed by atoms with Gasteiger partial charge in [-0.3, -0.25) is 0 Å². The highest BCUT2D eigenvalue weighted by Crippen LogP contribution is 2.38. The molecule has 0 amide bonds. The number of nitrogens with two attached hydrogens (primary N) is 1. The van der Waals surface area contributed by atoms with E-state index in [4.69, 9.17) is 53.5 Å². The molecule has 9 nitrogen and oxygen atoms in total. The molecule has 0 bridgehead atoms. The summed E-state index contributed by atoms with van der Waals surface area (Å²) in [5.74, 6) is 1.56. The van der Waals surface area contributed by atoms with Crippen molar-refractivity contribution < 1.29 is 9.47 Å². The van der Waals surface area contributed by atoms with Crippen LogP contribution in [-0.2, 0) is 11.5 Å². The zero-order chi connectivity index (χ0) is 26.8. The number of rotatable bonds is 10. The molecule has 3 N–H and O–H groups in total. The van der Waals surface area contributed by atoms with Crippen molar-refractivity contribution in [2.45, 2.75) is 52.2 Å². The van der Waals surface area contributed by atoms with Gasteiger partial charge >= 0.3 is 0 Å². The molecule has 3 heterocycles. The zero-order valence-corrected chi connectivity index (χ0v) is 24.8. The van der Waals surface area contributed by atoms with Crippen LogP contribution in [0.3, 0.4) is 0 Å². The Morgan fingerprint density at radius 3 is 2.54 bits per heavy atom. The van der Waals surface area contributed by atoms with E-state index in [0.29, 0.717) is 57.6 Å². The van der Waals surface area contributed by atoms with Crippen LogP contribution < -0.4 is 20.7 Å². The van der Waals surface area contributed by atoms with Crippen LogP contribution in [0.1, 0.15) is 19.8 Å². The standard InChI is InChI=1S/C25H37Cl2N7O2Si/c1-25(15-28)9-11-33(12-10-25)24-30-22-19(23(31-24)35-2)21(29-18-8-6-7-17(26)20(18)27)32-34(22)16-36-13-14-37(3,4)5/h6-8H,9-16,28H2,1-5H3,(H,29,32). The minimum atomic E-state index is -1.22. The fourth-order valence-corrected chi connectivity index (χ4v) is 5.31. The van der Waals surface area contributed by atoms with Crippen molar-refractivity contribution in [1.29, 1.82) is 0 Å². The first-order valence-electron chi connectivity index (χ1n) is 12.6. The highest BCUT2D eigenvalue weighted by atomic mass is 35.5. The third-order valence-electron chi connectivity index (χ3n) is 6.90. The Kier molecular flexibility index (Phi) is 8.54. The lowest BCUT2D eigenvalue weighted by Gasteiger charge is -2.38. The molecule has 1 aliphatic heterocycles. The Bertz CT molecular complexity index is 1240. The van der Waals surface area contributed by atoms with Gasteiger partial charge in [0.1, 0.15) is 12.1 Å². The maximum atomic E-state index is 6.45. The molecule has 202 valence electrons. The molecule has 2 aromatic heterocycles. The maximum absolute atomic E-state index is 6.45. The number of benzene rings is 1. The molecule has 4 rings (SSSR count). The van der Waals surface area contributed by atoms with E-state index < -0.39 is 8.07 Å². The Morgan fingerprint density at radius 2 is 1.89 bits per heavy atom. The van der Waals surface area contributed by atoms with Crippen molar-refractivity contribution in [3.8, 4) is 5.88 Å². The number of nitrogens with zero attached hydrogens (tertiary/aromatic N) is 5. The number of fused-ring (bicyclic) bond motifs is 1. The molecule has 0 atom stereocenters. The van der Waals surface area contributed by atoms with Gasteiger partial charge in [-0.05, 0) is 43.0 Å². The van der Waals surface area contributed by atoms with Gasteiger partial charge in [-0.25, -0.2) is 4.68 Å². The summed E-state index contributed by atoms with van der Waals surface area (Å²) in [6.45, 7) is 12.5. The number of hydrogen-bond donors (Lipinski definition) is 2. The van der Waals surface area contributed by atoms with E-state index in [1.54, 1.807) is 17.9 Å². The van der Waals surface area contributed by atoms with Gasteiger partial charge in [0.2, 0.25) is 11.8 Å². The SMILES string of the molecule is COc1nc(N2CCC(C)(CN)CC2)nc2c1c(Nc1cccc(Cl)c1Cl)nn2COCC[Si](C)(C)C. The predicted molar refractivity (Wildman–Crippen MR) is 154 cm³/mol. The lowest BCUT2D eigenvalue weighted by molar-refractivity contribution is 0.0815. The Hall–Kier alpha value is -2.11. The van der Waals surface area contributed by atoms with E-state index in [0.717, 1.165) is 32.0 Å². The molecule has 1 aromatic carbocycles. The van der Waals surface area contributed by atoms with Gasteiger partial charge in [-0.15, -0.1) is 5.10 Å². The second kappa shape index (κ2) is 11.3. The summed E-state index contributed by atoms with van der Waals surface area (Å²) >= 11 is 12.7. The molecule has 1 fully saturated rings. The number of ether oxygens (including phenoxy) is 2. The molecular weight excluding hydrogens is 529 g/mol. The van der Waals surface area contributed by atoms with Crippen LogP contribution in [0.5, 0.6) is 5.88 Å². The average molecular weight is 567 g/mol. The zero-order valence-electron chi connectivity index (χ0n) is 22.3. The van der Waals surface area contributed by atoms with E-state index in [9.17, 15) is 0 Å². The van der Waals surface area contributed by atoms with Gasteiger partial charge in [0.15, 0.2) is 11.5 Å².